The van der Waals surface area contributed by atoms with Crippen molar-refractivity contribution in [2.75, 3.05) is 6.54 Å². The molecule has 1 atom stereocenters. The molecule has 104 valence electrons. The summed E-state index contributed by atoms with van der Waals surface area (Å²) in [4.78, 5) is 5.45. The molecule has 0 saturated heterocycles. The molecule has 0 spiro atoms. The van der Waals surface area contributed by atoms with Gasteiger partial charge >= 0.3 is 0 Å². The SMILES string of the molecule is CCc1ccccc1S(=O)(=O)NCC1CC(C)=NO1. The van der Waals surface area contributed by atoms with Gasteiger partial charge in [0.05, 0.1) is 17.2 Å². The van der Waals surface area contributed by atoms with Gasteiger partial charge in [-0.15, -0.1) is 0 Å². The van der Waals surface area contributed by atoms with Crippen LogP contribution < -0.4 is 4.72 Å². The number of hydrogen-bond acceptors (Lipinski definition) is 4. The first kappa shape index (κ1) is 14.0. The molecule has 1 heterocycles. The third-order valence-electron chi connectivity index (χ3n) is 3.02. The van der Waals surface area contributed by atoms with Crippen molar-refractivity contribution in [1.29, 1.82) is 0 Å². The van der Waals surface area contributed by atoms with Crippen molar-refractivity contribution < 1.29 is 13.3 Å². The van der Waals surface area contributed by atoms with Gasteiger partial charge in [-0.1, -0.05) is 30.3 Å². The van der Waals surface area contributed by atoms with Gasteiger partial charge in [-0.05, 0) is 25.0 Å². The van der Waals surface area contributed by atoms with E-state index in [0.29, 0.717) is 17.7 Å². The molecule has 0 fully saturated rings. The maximum Gasteiger partial charge on any atom is 0.240 e. The Bertz CT molecular complexity index is 581. The molecule has 0 aliphatic carbocycles. The van der Waals surface area contributed by atoms with Crippen LogP contribution in [0.1, 0.15) is 25.8 Å². The maximum absolute atomic E-state index is 12.2. The summed E-state index contributed by atoms with van der Waals surface area (Å²) in [6, 6.07) is 7.02. The highest BCUT2D eigenvalue weighted by Crippen LogP contribution is 2.16. The Kier molecular flexibility index (Phi) is 4.21. The Morgan fingerprint density at radius 1 is 1.42 bits per heavy atom. The van der Waals surface area contributed by atoms with Crippen LogP contribution in [0.5, 0.6) is 0 Å². The first-order valence-electron chi connectivity index (χ1n) is 6.30. The number of oxime groups is 1. The van der Waals surface area contributed by atoms with E-state index in [1.165, 1.54) is 0 Å². The molecule has 1 aromatic rings. The Hall–Kier alpha value is -1.40. The summed E-state index contributed by atoms with van der Waals surface area (Å²) < 4.78 is 27.1. The van der Waals surface area contributed by atoms with Crippen LogP contribution in [0.4, 0.5) is 0 Å². The fraction of sp³-hybridized carbons (Fsp3) is 0.462. The van der Waals surface area contributed by atoms with E-state index in [9.17, 15) is 8.42 Å². The summed E-state index contributed by atoms with van der Waals surface area (Å²) in [6.45, 7) is 4.04. The van der Waals surface area contributed by atoms with E-state index in [1.807, 2.05) is 26.0 Å². The molecule has 0 radical (unpaired) electrons. The topological polar surface area (TPSA) is 67.8 Å². The van der Waals surface area contributed by atoms with E-state index in [2.05, 4.69) is 9.88 Å². The molecule has 1 aliphatic rings. The molecule has 0 aromatic heterocycles. The normalized spacial score (nSPS) is 19.1. The van der Waals surface area contributed by atoms with Gasteiger partial charge in [-0.25, -0.2) is 13.1 Å². The number of aryl methyl sites for hydroxylation is 1. The molecule has 2 rings (SSSR count). The van der Waals surface area contributed by atoms with Crippen LogP contribution in [0.2, 0.25) is 0 Å². The molecule has 19 heavy (non-hydrogen) atoms. The zero-order valence-electron chi connectivity index (χ0n) is 11.1. The molecule has 1 aliphatic heterocycles. The van der Waals surface area contributed by atoms with E-state index in [-0.39, 0.29) is 12.6 Å². The van der Waals surface area contributed by atoms with Crippen molar-refractivity contribution in [3.8, 4) is 0 Å². The van der Waals surface area contributed by atoms with Crippen molar-refractivity contribution in [3.05, 3.63) is 29.8 Å². The van der Waals surface area contributed by atoms with E-state index < -0.39 is 10.0 Å². The molecule has 0 amide bonds. The van der Waals surface area contributed by atoms with Crippen molar-refractivity contribution in [2.45, 2.75) is 37.7 Å². The van der Waals surface area contributed by atoms with Crippen molar-refractivity contribution in [2.24, 2.45) is 5.16 Å². The summed E-state index contributed by atoms with van der Waals surface area (Å²) in [5.74, 6) is 0. The zero-order chi connectivity index (χ0) is 13.9. The van der Waals surface area contributed by atoms with Crippen molar-refractivity contribution >= 4 is 15.7 Å². The highest BCUT2D eigenvalue weighted by Gasteiger charge is 2.23. The molecular weight excluding hydrogens is 264 g/mol. The number of nitrogens with one attached hydrogen (secondary N) is 1. The van der Waals surface area contributed by atoms with Gasteiger partial charge in [0.1, 0.15) is 6.10 Å². The van der Waals surface area contributed by atoms with Crippen LogP contribution in [0, 0.1) is 0 Å². The minimum atomic E-state index is -3.49. The average molecular weight is 282 g/mol. The highest BCUT2D eigenvalue weighted by atomic mass is 32.2. The number of benzene rings is 1. The summed E-state index contributed by atoms with van der Waals surface area (Å²) in [5.41, 5.74) is 1.70. The molecule has 5 nitrogen and oxygen atoms in total. The number of sulfonamides is 1. The fourth-order valence-corrected chi connectivity index (χ4v) is 3.39. The van der Waals surface area contributed by atoms with E-state index >= 15 is 0 Å². The lowest BCUT2D eigenvalue weighted by Crippen LogP contribution is -2.32. The average Bonchev–Trinajstić information content (AvgIpc) is 2.82. The number of rotatable bonds is 5. The molecule has 1 unspecified atom stereocenters. The van der Waals surface area contributed by atoms with Gasteiger partial charge in [0, 0.05) is 6.42 Å². The summed E-state index contributed by atoms with van der Waals surface area (Å²) >= 11 is 0. The van der Waals surface area contributed by atoms with Crippen LogP contribution in [0.3, 0.4) is 0 Å². The first-order chi connectivity index (χ1) is 9.03. The van der Waals surface area contributed by atoms with E-state index in [1.54, 1.807) is 12.1 Å². The second kappa shape index (κ2) is 5.71. The Morgan fingerprint density at radius 2 is 2.16 bits per heavy atom. The number of hydrogen-bond donors (Lipinski definition) is 1. The second-order valence-corrected chi connectivity index (χ2v) is 6.31. The van der Waals surface area contributed by atoms with Crippen molar-refractivity contribution in [3.63, 3.8) is 0 Å². The van der Waals surface area contributed by atoms with Gasteiger partial charge in [-0.2, -0.15) is 0 Å². The van der Waals surface area contributed by atoms with Crippen LogP contribution in [-0.4, -0.2) is 26.8 Å². The Morgan fingerprint density at radius 3 is 2.79 bits per heavy atom. The van der Waals surface area contributed by atoms with Crippen LogP contribution in [0.25, 0.3) is 0 Å². The summed E-state index contributed by atoms with van der Waals surface area (Å²) in [6.07, 6.45) is 1.14. The summed E-state index contributed by atoms with van der Waals surface area (Å²) in [7, 11) is -3.49. The van der Waals surface area contributed by atoms with Gasteiger partial charge in [0.25, 0.3) is 0 Å². The predicted molar refractivity (Wildman–Crippen MR) is 73.6 cm³/mol. The first-order valence-corrected chi connectivity index (χ1v) is 7.78. The fourth-order valence-electron chi connectivity index (χ4n) is 2.02. The van der Waals surface area contributed by atoms with Gasteiger partial charge in [-0.3, -0.25) is 0 Å². The van der Waals surface area contributed by atoms with Crippen molar-refractivity contribution in [1.82, 2.24) is 4.72 Å². The van der Waals surface area contributed by atoms with Crippen LogP contribution in [0.15, 0.2) is 34.3 Å². The minimum Gasteiger partial charge on any atom is -0.391 e. The molecular formula is C13H18N2O3S. The lowest BCUT2D eigenvalue weighted by Gasteiger charge is -2.12. The lowest BCUT2D eigenvalue weighted by atomic mass is 10.2. The van der Waals surface area contributed by atoms with Gasteiger partial charge < -0.3 is 4.84 Å². The van der Waals surface area contributed by atoms with Crippen LogP contribution >= 0.6 is 0 Å². The second-order valence-electron chi connectivity index (χ2n) is 4.57. The van der Waals surface area contributed by atoms with E-state index in [0.717, 1.165) is 11.3 Å². The third-order valence-corrected chi connectivity index (χ3v) is 4.55. The van der Waals surface area contributed by atoms with Gasteiger partial charge in [0.15, 0.2) is 0 Å². The summed E-state index contributed by atoms with van der Waals surface area (Å²) in [5, 5.41) is 3.81. The standard InChI is InChI=1S/C13H18N2O3S/c1-3-11-6-4-5-7-13(11)19(16,17)14-9-12-8-10(2)15-18-12/h4-7,12,14H,3,8-9H2,1-2H3. The minimum absolute atomic E-state index is 0.205. The van der Waals surface area contributed by atoms with Gasteiger partial charge in [0.2, 0.25) is 10.0 Å². The third kappa shape index (κ3) is 3.33. The molecule has 0 saturated carbocycles. The monoisotopic (exact) mass is 282 g/mol. The zero-order valence-corrected chi connectivity index (χ0v) is 11.9. The highest BCUT2D eigenvalue weighted by molar-refractivity contribution is 7.89. The van der Waals surface area contributed by atoms with Crippen LogP contribution in [-0.2, 0) is 21.3 Å². The Balaban J connectivity index is 2.06. The van der Waals surface area contributed by atoms with E-state index in [4.69, 9.17) is 4.84 Å². The largest absolute Gasteiger partial charge is 0.391 e. The quantitative estimate of drug-likeness (QED) is 0.893. The molecule has 1 aromatic carbocycles. The predicted octanol–water partition coefficient (Wildman–Crippen LogP) is 1.69. The molecule has 6 heteroatoms. The maximum atomic E-state index is 12.2. The smallest absolute Gasteiger partial charge is 0.240 e. The Labute approximate surface area is 113 Å². The molecule has 1 N–H and O–H groups in total. The molecule has 0 bridgehead atoms. The number of nitrogens with zero attached hydrogens (tertiary/aromatic N) is 1. The lowest BCUT2D eigenvalue weighted by molar-refractivity contribution is 0.0891.